The molecule has 0 radical (unpaired) electrons. The number of benzene rings is 2. The summed E-state index contributed by atoms with van der Waals surface area (Å²) < 4.78 is 39.8. The highest BCUT2D eigenvalue weighted by atomic mass is 19.4. The Balaban J connectivity index is 1.51. The Kier molecular flexibility index (Phi) is 5.13. The number of fused-ring (bicyclic) bond motifs is 1. The van der Waals surface area contributed by atoms with Gasteiger partial charge in [0.05, 0.1) is 6.10 Å². The third-order valence-corrected chi connectivity index (χ3v) is 4.57. The van der Waals surface area contributed by atoms with Crippen LogP contribution in [0.15, 0.2) is 60.7 Å². The highest BCUT2D eigenvalue weighted by Gasteiger charge is 2.36. The number of hydrogen-bond donors (Lipinski definition) is 2. The second-order valence-corrected chi connectivity index (χ2v) is 6.81. The van der Waals surface area contributed by atoms with E-state index in [4.69, 9.17) is 0 Å². The molecule has 6 nitrogen and oxygen atoms in total. The zero-order valence-corrected chi connectivity index (χ0v) is 15.9. The van der Waals surface area contributed by atoms with Crippen molar-refractivity contribution >= 4 is 11.6 Å². The van der Waals surface area contributed by atoms with E-state index >= 15 is 0 Å². The third kappa shape index (κ3) is 4.11. The molecule has 2 aromatic heterocycles. The lowest BCUT2D eigenvalue weighted by Crippen LogP contribution is -2.15. The van der Waals surface area contributed by atoms with Crippen LogP contribution in [-0.4, -0.2) is 31.2 Å². The van der Waals surface area contributed by atoms with Crippen LogP contribution in [0.3, 0.4) is 0 Å². The summed E-state index contributed by atoms with van der Waals surface area (Å²) in [5, 5.41) is 17.0. The summed E-state index contributed by atoms with van der Waals surface area (Å²) in [4.78, 5) is 7.42. The first-order valence-corrected chi connectivity index (χ1v) is 9.20. The van der Waals surface area contributed by atoms with E-state index in [9.17, 15) is 18.3 Å². The Morgan fingerprint density at radius 2 is 1.67 bits per heavy atom. The molecule has 0 saturated heterocycles. The maximum atomic E-state index is 12.9. The van der Waals surface area contributed by atoms with Crippen molar-refractivity contribution in [1.29, 1.82) is 0 Å². The standard InChI is InChI=1S/C21H18F3N5O/c1-13-11-18(29-20(26-13)27-19(28-29)21(22,23)24)25-12-17(30)16-9-7-15(8-10-16)14-5-3-2-4-6-14/h2-11,17,25,30H,12H2,1H3. The lowest BCUT2D eigenvalue weighted by Gasteiger charge is -2.14. The van der Waals surface area contributed by atoms with E-state index in [1.165, 1.54) is 0 Å². The van der Waals surface area contributed by atoms with E-state index in [-0.39, 0.29) is 18.1 Å². The van der Waals surface area contributed by atoms with Gasteiger partial charge in [-0.2, -0.15) is 22.7 Å². The summed E-state index contributed by atoms with van der Waals surface area (Å²) in [6.45, 7) is 1.72. The first-order chi connectivity index (χ1) is 14.3. The molecular weight excluding hydrogens is 395 g/mol. The number of alkyl halides is 3. The number of aryl methyl sites for hydroxylation is 1. The van der Waals surface area contributed by atoms with Crippen LogP contribution in [0.2, 0.25) is 0 Å². The Bertz CT molecular complexity index is 1160. The molecular formula is C21H18F3N5O. The molecule has 0 saturated carbocycles. The number of nitrogens with one attached hydrogen (secondary N) is 1. The topological polar surface area (TPSA) is 75.3 Å². The summed E-state index contributed by atoms with van der Waals surface area (Å²) in [7, 11) is 0. The zero-order chi connectivity index (χ0) is 21.3. The molecule has 1 unspecified atom stereocenters. The molecule has 0 aliphatic rings. The van der Waals surface area contributed by atoms with Gasteiger partial charge < -0.3 is 10.4 Å². The van der Waals surface area contributed by atoms with Crippen LogP contribution in [0.1, 0.15) is 23.2 Å². The molecule has 2 N–H and O–H groups in total. The maximum absolute atomic E-state index is 12.9. The van der Waals surface area contributed by atoms with Gasteiger partial charge in [-0.1, -0.05) is 54.6 Å². The molecule has 0 fully saturated rings. The average molecular weight is 413 g/mol. The Labute approximate surface area is 170 Å². The maximum Gasteiger partial charge on any atom is 0.453 e. The second kappa shape index (κ2) is 7.75. The Morgan fingerprint density at radius 1 is 1.00 bits per heavy atom. The average Bonchev–Trinajstić information content (AvgIpc) is 3.17. The van der Waals surface area contributed by atoms with Gasteiger partial charge in [0.2, 0.25) is 0 Å². The summed E-state index contributed by atoms with van der Waals surface area (Å²) in [6, 6.07) is 18.9. The fourth-order valence-electron chi connectivity index (χ4n) is 3.08. The van der Waals surface area contributed by atoms with E-state index in [1.54, 1.807) is 13.0 Å². The van der Waals surface area contributed by atoms with Crippen LogP contribution in [-0.2, 0) is 6.18 Å². The minimum Gasteiger partial charge on any atom is -0.387 e. The number of halogens is 3. The molecule has 30 heavy (non-hydrogen) atoms. The number of anilines is 1. The smallest absolute Gasteiger partial charge is 0.387 e. The van der Waals surface area contributed by atoms with Gasteiger partial charge in [-0.15, -0.1) is 5.10 Å². The lowest BCUT2D eigenvalue weighted by atomic mass is 10.0. The molecule has 4 aromatic rings. The van der Waals surface area contributed by atoms with E-state index in [0.29, 0.717) is 11.3 Å². The normalized spacial score (nSPS) is 12.8. The van der Waals surface area contributed by atoms with Gasteiger partial charge in [-0.05, 0) is 23.6 Å². The van der Waals surface area contributed by atoms with Gasteiger partial charge in [-0.25, -0.2) is 4.98 Å². The number of aliphatic hydroxyl groups excluding tert-OH is 1. The number of aromatic nitrogens is 4. The number of aliphatic hydroxyl groups is 1. The molecule has 154 valence electrons. The highest BCUT2D eigenvalue weighted by Crippen LogP contribution is 2.27. The summed E-state index contributed by atoms with van der Waals surface area (Å²) in [5.74, 6) is -1.16. The van der Waals surface area contributed by atoms with E-state index in [2.05, 4.69) is 20.4 Å². The van der Waals surface area contributed by atoms with Crippen molar-refractivity contribution in [3.05, 3.63) is 77.7 Å². The molecule has 2 aromatic carbocycles. The summed E-state index contributed by atoms with van der Waals surface area (Å²) >= 11 is 0. The third-order valence-electron chi connectivity index (χ3n) is 4.57. The van der Waals surface area contributed by atoms with Crippen molar-refractivity contribution in [2.24, 2.45) is 0 Å². The van der Waals surface area contributed by atoms with Crippen LogP contribution < -0.4 is 5.32 Å². The molecule has 2 heterocycles. The predicted molar refractivity (Wildman–Crippen MR) is 106 cm³/mol. The van der Waals surface area contributed by atoms with E-state index in [0.717, 1.165) is 15.6 Å². The SMILES string of the molecule is Cc1cc(NCC(O)c2ccc(-c3ccccc3)cc2)n2nc(C(F)(F)F)nc2n1. The lowest BCUT2D eigenvalue weighted by molar-refractivity contribution is -0.144. The van der Waals surface area contributed by atoms with Gasteiger partial charge in [0.15, 0.2) is 0 Å². The molecule has 9 heteroatoms. The van der Waals surface area contributed by atoms with Gasteiger partial charge in [0.1, 0.15) is 5.82 Å². The van der Waals surface area contributed by atoms with Crippen LogP contribution in [0.4, 0.5) is 19.0 Å². The first kappa shape index (κ1) is 19.8. The monoisotopic (exact) mass is 413 g/mol. The molecule has 0 aliphatic carbocycles. The van der Waals surface area contributed by atoms with Gasteiger partial charge >= 0.3 is 6.18 Å². The first-order valence-electron chi connectivity index (χ1n) is 9.20. The minimum atomic E-state index is -4.67. The van der Waals surface area contributed by atoms with Gasteiger partial charge in [-0.3, -0.25) is 0 Å². The molecule has 0 bridgehead atoms. The van der Waals surface area contributed by atoms with Crippen LogP contribution >= 0.6 is 0 Å². The Hall–Kier alpha value is -3.46. The fraction of sp³-hybridized carbons (Fsp3) is 0.190. The quantitative estimate of drug-likeness (QED) is 0.511. The number of nitrogens with zero attached hydrogens (tertiary/aromatic N) is 4. The predicted octanol–water partition coefficient (Wildman–Crippen LogP) is 4.26. The molecule has 0 amide bonds. The largest absolute Gasteiger partial charge is 0.453 e. The van der Waals surface area contributed by atoms with Crippen LogP contribution in [0.25, 0.3) is 16.9 Å². The van der Waals surface area contributed by atoms with Crippen molar-refractivity contribution in [3.8, 4) is 11.1 Å². The molecule has 4 rings (SSSR count). The second-order valence-electron chi connectivity index (χ2n) is 6.81. The zero-order valence-electron chi connectivity index (χ0n) is 15.9. The molecule has 1 atom stereocenters. The van der Waals surface area contributed by atoms with Crippen molar-refractivity contribution in [2.75, 3.05) is 11.9 Å². The van der Waals surface area contributed by atoms with E-state index in [1.807, 2.05) is 54.6 Å². The van der Waals surface area contributed by atoms with Crippen molar-refractivity contribution in [2.45, 2.75) is 19.2 Å². The number of rotatable bonds is 5. The van der Waals surface area contributed by atoms with Crippen molar-refractivity contribution in [1.82, 2.24) is 19.6 Å². The van der Waals surface area contributed by atoms with Gasteiger partial charge in [0, 0.05) is 18.3 Å². The molecule has 0 aliphatic heterocycles. The van der Waals surface area contributed by atoms with Crippen LogP contribution in [0, 0.1) is 6.92 Å². The highest BCUT2D eigenvalue weighted by molar-refractivity contribution is 5.63. The summed E-state index contributed by atoms with van der Waals surface area (Å²) in [6.07, 6.45) is -5.54. The van der Waals surface area contributed by atoms with Gasteiger partial charge in [0.25, 0.3) is 11.6 Å². The summed E-state index contributed by atoms with van der Waals surface area (Å²) in [5.41, 5.74) is 3.25. The van der Waals surface area contributed by atoms with Crippen molar-refractivity contribution in [3.63, 3.8) is 0 Å². The van der Waals surface area contributed by atoms with E-state index < -0.39 is 18.1 Å². The van der Waals surface area contributed by atoms with Crippen LogP contribution in [0.5, 0.6) is 0 Å². The molecule has 0 spiro atoms. The van der Waals surface area contributed by atoms with Crippen molar-refractivity contribution < 1.29 is 18.3 Å². The fourth-order valence-corrected chi connectivity index (χ4v) is 3.08. The minimum absolute atomic E-state index is 0.0739. The Morgan fingerprint density at radius 3 is 2.33 bits per heavy atom. The number of hydrogen-bond acceptors (Lipinski definition) is 5.